The summed E-state index contributed by atoms with van der Waals surface area (Å²) in [5, 5.41) is 2.79. The zero-order chi connectivity index (χ0) is 21.6. The van der Waals surface area contributed by atoms with E-state index in [4.69, 9.17) is 4.74 Å². The third kappa shape index (κ3) is 4.96. The molecular formula is C22H23N3O4S. The fraction of sp³-hybridized carbons (Fsp3) is 0.182. The number of nitrogens with one attached hydrogen (secondary N) is 1. The number of anilines is 1. The first-order valence-electron chi connectivity index (χ1n) is 9.42. The Morgan fingerprint density at radius 3 is 2.57 bits per heavy atom. The molecule has 0 unspecified atom stereocenters. The van der Waals surface area contributed by atoms with Gasteiger partial charge in [0.25, 0.3) is 15.9 Å². The molecule has 30 heavy (non-hydrogen) atoms. The zero-order valence-electron chi connectivity index (χ0n) is 16.8. The van der Waals surface area contributed by atoms with E-state index in [1.165, 1.54) is 23.5 Å². The van der Waals surface area contributed by atoms with Crippen LogP contribution in [0.4, 0.5) is 5.69 Å². The van der Waals surface area contributed by atoms with Gasteiger partial charge in [-0.1, -0.05) is 24.3 Å². The number of hydrogen-bond acceptors (Lipinski definition) is 5. The molecule has 0 saturated carbocycles. The number of ether oxygens (including phenoxy) is 1. The average Bonchev–Trinajstić information content (AvgIpc) is 2.78. The molecule has 0 radical (unpaired) electrons. The minimum Gasteiger partial charge on any atom is -0.478 e. The molecule has 0 aliphatic rings. The number of sulfonamides is 1. The number of aromatic nitrogens is 1. The second-order valence-electron chi connectivity index (χ2n) is 6.45. The highest BCUT2D eigenvalue weighted by molar-refractivity contribution is 7.92. The van der Waals surface area contributed by atoms with E-state index in [1.807, 2.05) is 13.0 Å². The molecular weight excluding hydrogens is 402 g/mol. The van der Waals surface area contributed by atoms with Crippen molar-refractivity contribution in [3.8, 4) is 5.88 Å². The lowest BCUT2D eigenvalue weighted by molar-refractivity contribution is 0.0950. The third-order valence-electron chi connectivity index (χ3n) is 4.42. The molecule has 0 bridgehead atoms. The second kappa shape index (κ2) is 9.41. The van der Waals surface area contributed by atoms with E-state index in [0.717, 1.165) is 5.56 Å². The zero-order valence-corrected chi connectivity index (χ0v) is 17.6. The average molecular weight is 426 g/mol. The van der Waals surface area contributed by atoms with Crippen LogP contribution < -0.4 is 14.4 Å². The Labute approximate surface area is 176 Å². The Bertz CT molecular complexity index is 1120. The van der Waals surface area contributed by atoms with Crippen molar-refractivity contribution < 1.29 is 17.9 Å². The van der Waals surface area contributed by atoms with Gasteiger partial charge in [-0.2, -0.15) is 0 Å². The number of carbonyl (C=O) groups excluding carboxylic acids is 1. The van der Waals surface area contributed by atoms with Gasteiger partial charge in [-0.3, -0.25) is 9.10 Å². The fourth-order valence-corrected chi connectivity index (χ4v) is 4.05. The SMILES string of the molecule is CCOc1cc(CNC(=O)c2cccc(S(=O)(=O)N(C)c3ccccc3)c2)ccn1. The highest BCUT2D eigenvalue weighted by Gasteiger charge is 2.22. The standard InChI is InChI=1S/C22H23N3O4S/c1-3-29-21-14-17(12-13-23-21)16-24-22(26)18-8-7-11-20(15-18)30(27,28)25(2)19-9-5-4-6-10-19/h4-15H,3,16H2,1-2H3,(H,24,26). The highest BCUT2D eigenvalue weighted by Crippen LogP contribution is 2.22. The molecule has 0 atom stereocenters. The second-order valence-corrected chi connectivity index (χ2v) is 8.42. The lowest BCUT2D eigenvalue weighted by atomic mass is 10.2. The van der Waals surface area contributed by atoms with Gasteiger partial charge < -0.3 is 10.1 Å². The lowest BCUT2D eigenvalue weighted by Gasteiger charge is -2.19. The molecule has 3 rings (SSSR count). The van der Waals surface area contributed by atoms with E-state index in [2.05, 4.69) is 10.3 Å². The number of para-hydroxylation sites is 1. The molecule has 1 heterocycles. The number of amides is 1. The summed E-state index contributed by atoms with van der Waals surface area (Å²) >= 11 is 0. The topological polar surface area (TPSA) is 88.6 Å². The Balaban J connectivity index is 1.74. The summed E-state index contributed by atoms with van der Waals surface area (Å²) in [5.74, 6) is 0.116. The van der Waals surface area contributed by atoms with Crippen molar-refractivity contribution in [1.29, 1.82) is 0 Å². The number of benzene rings is 2. The van der Waals surface area contributed by atoms with Gasteiger partial charge in [0, 0.05) is 31.4 Å². The lowest BCUT2D eigenvalue weighted by Crippen LogP contribution is -2.27. The van der Waals surface area contributed by atoms with Crippen molar-refractivity contribution in [3.63, 3.8) is 0 Å². The van der Waals surface area contributed by atoms with Gasteiger partial charge >= 0.3 is 0 Å². The molecule has 156 valence electrons. The predicted molar refractivity (Wildman–Crippen MR) is 115 cm³/mol. The van der Waals surface area contributed by atoms with Crippen LogP contribution in [-0.2, 0) is 16.6 Å². The maximum Gasteiger partial charge on any atom is 0.264 e. The summed E-state index contributed by atoms with van der Waals surface area (Å²) in [6, 6.07) is 18.3. The van der Waals surface area contributed by atoms with E-state index >= 15 is 0 Å². The number of pyridine rings is 1. The summed E-state index contributed by atoms with van der Waals surface area (Å²) in [6.07, 6.45) is 1.61. The maximum atomic E-state index is 13.0. The molecule has 1 amide bonds. The Kier molecular flexibility index (Phi) is 6.68. The fourth-order valence-electron chi connectivity index (χ4n) is 2.80. The van der Waals surface area contributed by atoms with Crippen molar-refractivity contribution in [2.45, 2.75) is 18.4 Å². The molecule has 7 nitrogen and oxygen atoms in total. The van der Waals surface area contributed by atoms with Crippen molar-refractivity contribution in [2.24, 2.45) is 0 Å². The van der Waals surface area contributed by atoms with Gasteiger partial charge in [-0.25, -0.2) is 13.4 Å². The summed E-state index contributed by atoms with van der Waals surface area (Å²) in [4.78, 5) is 16.7. The summed E-state index contributed by atoms with van der Waals surface area (Å²) in [7, 11) is -2.32. The molecule has 0 fully saturated rings. The number of rotatable bonds is 8. The maximum absolute atomic E-state index is 13.0. The van der Waals surface area contributed by atoms with E-state index < -0.39 is 10.0 Å². The normalized spacial score (nSPS) is 11.0. The molecule has 1 aromatic heterocycles. The Morgan fingerprint density at radius 2 is 1.83 bits per heavy atom. The minimum absolute atomic E-state index is 0.0454. The first-order chi connectivity index (χ1) is 14.4. The van der Waals surface area contributed by atoms with Crippen LogP contribution in [0, 0.1) is 0 Å². The van der Waals surface area contributed by atoms with Crippen LogP contribution >= 0.6 is 0 Å². The molecule has 0 spiro atoms. The van der Waals surface area contributed by atoms with Crippen LogP contribution in [0.3, 0.4) is 0 Å². The summed E-state index contributed by atoms with van der Waals surface area (Å²) < 4.78 is 32.5. The first-order valence-corrected chi connectivity index (χ1v) is 10.9. The minimum atomic E-state index is -3.80. The van der Waals surface area contributed by atoms with E-state index in [0.29, 0.717) is 18.2 Å². The Hall–Kier alpha value is -3.39. The van der Waals surface area contributed by atoms with Gasteiger partial charge in [0.1, 0.15) is 0 Å². The highest BCUT2D eigenvalue weighted by atomic mass is 32.2. The smallest absolute Gasteiger partial charge is 0.264 e. The van der Waals surface area contributed by atoms with E-state index in [1.54, 1.807) is 54.7 Å². The van der Waals surface area contributed by atoms with Crippen LogP contribution in [0.1, 0.15) is 22.8 Å². The van der Waals surface area contributed by atoms with Crippen molar-refractivity contribution in [3.05, 3.63) is 84.1 Å². The number of nitrogens with zero attached hydrogens (tertiary/aromatic N) is 2. The van der Waals surface area contributed by atoms with Gasteiger partial charge in [0.05, 0.1) is 17.2 Å². The summed E-state index contributed by atoms with van der Waals surface area (Å²) in [5.41, 5.74) is 1.63. The molecule has 3 aromatic rings. The Morgan fingerprint density at radius 1 is 1.07 bits per heavy atom. The largest absolute Gasteiger partial charge is 0.478 e. The van der Waals surface area contributed by atoms with Crippen LogP contribution in [-0.4, -0.2) is 33.0 Å². The monoisotopic (exact) mass is 425 g/mol. The van der Waals surface area contributed by atoms with Crippen molar-refractivity contribution in [2.75, 3.05) is 18.0 Å². The van der Waals surface area contributed by atoms with Crippen molar-refractivity contribution >= 4 is 21.6 Å². The number of hydrogen-bond donors (Lipinski definition) is 1. The van der Waals surface area contributed by atoms with Gasteiger partial charge in [0.15, 0.2) is 0 Å². The van der Waals surface area contributed by atoms with Crippen molar-refractivity contribution in [1.82, 2.24) is 10.3 Å². The van der Waals surface area contributed by atoms with Gasteiger partial charge in [-0.05, 0) is 48.9 Å². The van der Waals surface area contributed by atoms with E-state index in [9.17, 15) is 13.2 Å². The van der Waals surface area contributed by atoms with Crippen LogP contribution in [0.15, 0.2) is 77.8 Å². The molecule has 2 aromatic carbocycles. The molecule has 1 N–H and O–H groups in total. The molecule has 0 saturated heterocycles. The van der Waals surface area contributed by atoms with E-state index in [-0.39, 0.29) is 22.9 Å². The van der Waals surface area contributed by atoms with Crippen LogP contribution in [0.25, 0.3) is 0 Å². The van der Waals surface area contributed by atoms with Crippen LogP contribution in [0.2, 0.25) is 0 Å². The van der Waals surface area contributed by atoms with Gasteiger partial charge in [0.2, 0.25) is 5.88 Å². The third-order valence-corrected chi connectivity index (χ3v) is 6.20. The summed E-state index contributed by atoms with van der Waals surface area (Å²) in [6.45, 7) is 2.64. The molecule has 0 aliphatic carbocycles. The first kappa shape index (κ1) is 21.3. The quantitative estimate of drug-likeness (QED) is 0.599. The molecule has 0 aliphatic heterocycles. The van der Waals surface area contributed by atoms with Crippen LogP contribution in [0.5, 0.6) is 5.88 Å². The molecule has 8 heteroatoms. The van der Waals surface area contributed by atoms with Gasteiger partial charge in [-0.15, -0.1) is 0 Å². The number of carbonyl (C=O) groups is 1. The predicted octanol–water partition coefficient (Wildman–Crippen LogP) is 3.24.